The Hall–Kier alpha value is -0.780. The van der Waals surface area contributed by atoms with Gasteiger partial charge >= 0.3 is 0 Å². The molecule has 0 unspecified atom stereocenters. The quantitative estimate of drug-likeness (QED) is 0.708. The minimum Gasteiger partial charge on any atom is -0.289 e. The molecular formula is C7H8BrN3O. The molecule has 1 aliphatic heterocycles. The minimum atomic E-state index is 0.742. The van der Waals surface area contributed by atoms with Crippen molar-refractivity contribution in [3.8, 4) is 0 Å². The highest BCUT2D eigenvalue weighted by Gasteiger charge is 2.23. The van der Waals surface area contributed by atoms with Gasteiger partial charge in [-0.15, -0.1) is 5.53 Å². The number of rotatable bonds is 0. The Morgan fingerprint density at radius 1 is 1.50 bits per heavy atom. The molecule has 0 aromatic heterocycles. The Bertz CT molecular complexity index is 318. The highest BCUT2D eigenvalue weighted by atomic mass is 79.9. The van der Waals surface area contributed by atoms with Gasteiger partial charge in [0.15, 0.2) is 0 Å². The highest BCUT2D eigenvalue weighted by Crippen LogP contribution is 2.37. The number of para-hydroxylation sites is 1. The van der Waals surface area contributed by atoms with E-state index in [1.54, 1.807) is 5.01 Å². The Kier molecular flexibility index (Phi) is 1.71. The fourth-order valence-corrected chi connectivity index (χ4v) is 1.87. The molecule has 4 nitrogen and oxygen atoms in total. The van der Waals surface area contributed by atoms with Gasteiger partial charge in [0.05, 0.1) is 5.69 Å². The zero-order valence-corrected chi connectivity index (χ0v) is 8.04. The monoisotopic (exact) mass is 229 g/mol. The molecule has 2 N–H and O–H groups in total. The number of nitrogens with zero attached hydrogens (tertiary/aromatic N) is 2. The molecule has 0 aliphatic carbocycles. The Balaban J connectivity index is 2.59. The van der Waals surface area contributed by atoms with Gasteiger partial charge < -0.3 is 0 Å². The molecule has 2 rings (SSSR count). The third kappa shape index (κ3) is 0.979. The van der Waals surface area contributed by atoms with Crippen molar-refractivity contribution in [3.63, 3.8) is 0 Å². The van der Waals surface area contributed by atoms with Crippen molar-refractivity contribution in [1.82, 2.24) is 5.53 Å². The first-order valence-corrected chi connectivity index (χ1v) is 4.27. The highest BCUT2D eigenvalue weighted by molar-refractivity contribution is 9.10. The number of halogens is 1. The van der Waals surface area contributed by atoms with E-state index in [4.69, 9.17) is 0 Å². The predicted molar refractivity (Wildman–Crippen MR) is 49.9 cm³/mol. The lowest BCUT2D eigenvalue weighted by molar-refractivity contribution is 0.220. The van der Waals surface area contributed by atoms with Crippen LogP contribution in [0.3, 0.4) is 0 Å². The SMILES string of the molecule is CN1NN(O)c2cccc(Br)c21. The van der Waals surface area contributed by atoms with Crippen LogP contribution in [0.25, 0.3) is 0 Å². The van der Waals surface area contributed by atoms with E-state index in [-0.39, 0.29) is 0 Å². The third-order valence-corrected chi connectivity index (χ3v) is 2.41. The average molecular weight is 230 g/mol. The first kappa shape index (κ1) is 7.85. The average Bonchev–Trinajstić information content (AvgIpc) is 2.29. The van der Waals surface area contributed by atoms with Crippen molar-refractivity contribution in [1.29, 1.82) is 0 Å². The normalized spacial score (nSPS) is 15.2. The van der Waals surface area contributed by atoms with Crippen LogP contribution < -0.4 is 15.7 Å². The zero-order valence-electron chi connectivity index (χ0n) is 6.45. The van der Waals surface area contributed by atoms with Gasteiger partial charge in [0.1, 0.15) is 5.69 Å². The van der Waals surface area contributed by atoms with Crippen molar-refractivity contribution in [2.24, 2.45) is 0 Å². The van der Waals surface area contributed by atoms with E-state index in [0.29, 0.717) is 0 Å². The van der Waals surface area contributed by atoms with E-state index in [9.17, 15) is 5.21 Å². The summed E-state index contributed by atoms with van der Waals surface area (Å²) in [6, 6.07) is 5.62. The molecule has 64 valence electrons. The van der Waals surface area contributed by atoms with Crippen molar-refractivity contribution in [2.75, 3.05) is 17.2 Å². The van der Waals surface area contributed by atoms with Crippen LogP contribution >= 0.6 is 15.9 Å². The van der Waals surface area contributed by atoms with E-state index in [2.05, 4.69) is 21.5 Å². The number of hydrogen-bond acceptors (Lipinski definition) is 4. The molecule has 0 radical (unpaired) electrons. The van der Waals surface area contributed by atoms with Crippen molar-refractivity contribution in [2.45, 2.75) is 0 Å². The van der Waals surface area contributed by atoms with E-state index < -0.39 is 0 Å². The lowest BCUT2D eigenvalue weighted by Crippen LogP contribution is -2.39. The van der Waals surface area contributed by atoms with Crippen LogP contribution in [0.4, 0.5) is 11.4 Å². The fourth-order valence-electron chi connectivity index (χ4n) is 1.25. The second kappa shape index (κ2) is 2.62. The van der Waals surface area contributed by atoms with Gasteiger partial charge in [-0.2, -0.15) is 5.17 Å². The van der Waals surface area contributed by atoms with Crippen LogP contribution in [-0.2, 0) is 0 Å². The van der Waals surface area contributed by atoms with Crippen molar-refractivity contribution in [3.05, 3.63) is 22.7 Å². The second-order valence-electron chi connectivity index (χ2n) is 2.58. The third-order valence-electron chi connectivity index (χ3n) is 1.77. The Morgan fingerprint density at radius 2 is 2.25 bits per heavy atom. The fraction of sp³-hybridized carbons (Fsp3) is 0.143. The molecule has 1 aliphatic rings. The summed E-state index contributed by atoms with van der Waals surface area (Å²) in [5, 5.41) is 12.1. The van der Waals surface area contributed by atoms with Gasteiger partial charge in [-0.25, -0.2) is 0 Å². The Labute approximate surface area is 78.4 Å². The topological polar surface area (TPSA) is 38.7 Å². The molecule has 0 atom stereocenters. The van der Waals surface area contributed by atoms with E-state index in [1.165, 1.54) is 0 Å². The molecule has 0 fully saturated rings. The molecule has 0 bridgehead atoms. The lowest BCUT2D eigenvalue weighted by Gasteiger charge is -2.12. The number of anilines is 2. The van der Waals surface area contributed by atoms with Crippen LogP contribution in [0.15, 0.2) is 22.7 Å². The molecule has 1 aromatic carbocycles. The van der Waals surface area contributed by atoms with Gasteiger partial charge in [0.25, 0.3) is 0 Å². The number of nitrogens with one attached hydrogen (secondary N) is 1. The predicted octanol–water partition coefficient (Wildman–Crippen LogP) is 1.51. The van der Waals surface area contributed by atoms with E-state index in [1.807, 2.05) is 25.2 Å². The molecule has 12 heavy (non-hydrogen) atoms. The first-order valence-electron chi connectivity index (χ1n) is 3.47. The number of hydrogen-bond donors (Lipinski definition) is 2. The largest absolute Gasteiger partial charge is 0.289 e. The maximum absolute atomic E-state index is 9.34. The van der Waals surface area contributed by atoms with Crippen LogP contribution in [-0.4, -0.2) is 12.3 Å². The summed E-state index contributed by atoms with van der Waals surface area (Å²) in [6.45, 7) is 0. The maximum atomic E-state index is 9.34. The Morgan fingerprint density at radius 3 is 2.92 bits per heavy atom. The van der Waals surface area contributed by atoms with Crippen LogP contribution in [0.2, 0.25) is 0 Å². The summed E-state index contributed by atoms with van der Waals surface area (Å²) in [6.07, 6.45) is 0. The summed E-state index contributed by atoms with van der Waals surface area (Å²) in [7, 11) is 1.83. The molecule has 1 heterocycles. The molecule has 0 saturated carbocycles. The van der Waals surface area contributed by atoms with Crippen LogP contribution in [0.1, 0.15) is 0 Å². The van der Waals surface area contributed by atoms with Crippen LogP contribution in [0.5, 0.6) is 0 Å². The first-order chi connectivity index (χ1) is 5.70. The molecule has 1 aromatic rings. The summed E-state index contributed by atoms with van der Waals surface area (Å²) in [5.41, 5.74) is 4.39. The maximum Gasteiger partial charge on any atom is 0.110 e. The summed E-state index contributed by atoms with van der Waals surface area (Å²) < 4.78 is 0.951. The smallest absolute Gasteiger partial charge is 0.110 e. The van der Waals surface area contributed by atoms with Gasteiger partial charge in [0, 0.05) is 11.5 Å². The summed E-state index contributed by atoms with van der Waals surface area (Å²) in [5.74, 6) is 0. The number of benzene rings is 1. The molecule has 0 spiro atoms. The molecule has 5 heteroatoms. The molecule has 0 amide bonds. The second-order valence-corrected chi connectivity index (χ2v) is 3.43. The van der Waals surface area contributed by atoms with Gasteiger partial charge in [-0.1, -0.05) is 6.07 Å². The van der Waals surface area contributed by atoms with E-state index >= 15 is 0 Å². The van der Waals surface area contributed by atoms with Crippen molar-refractivity contribution < 1.29 is 5.21 Å². The van der Waals surface area contributed by atoms with Gasteiger partial charge in [0.2, 0.25) is 0 Å². The van der Waals surface area contributed by atoms with Gasteiger partial charge in [-0.3, -0.25) is 10.2 Å². The molecule has 0 saturated heterocycles. The van der Waals surface area contributed by atoms with Gasteiger partial charge in [-0.05, 0) is 28.1 Å². The molecular weight excluding hydrogens is 222 g/mol. The standard InChI is InChI=1S/C7H8BrN3O/c1-10-7-5(8)3-2-4-6(7)11(12)9-10/h2-4,9,12H,1H3. The number of fused-ring (bicyclic) bond motifs is 1. The van der Waals surface area contributed by atoms with E-state index in [0.717, 1.165) is 21.0 Å². The summed E-state index contributed by atoms with van der Waals surface area (Å²) >= 11 is 3.40. The lowest BCUT2D eigenvalue weighted by atomic mass is 10.3. The zero-order chi connectivity index (χ0) is 8.72. The van der Waals surface area contributed by atoms with Crippen LogP contribution in [0, 0.1) is 0 Å². The summed E-state index contributed by atoms with van der Waals surface area (Å²) in [4.78, 5) is 0. The number of hydrazine groups is 2. The van der Waals surface area contributed by atoms with Crippen molar-refractivity contribution >= 4 is 27.3 Å². The minimum absolute atomic E-state index is 0.742.